The zero-order chi connectivity index (χ0) is 13.0. The molecule has 17 heavy (non-hydrogen) atoms. The number of carboxylic acids is 1. The van der Waals surface area contributed by atoms with Crippen molar-refractivity contribution in [3.63, 3.8) is 0 Å². The normalized spacial score (nSPS) is 10.6. The Kier molecular flexibility index (Phi) is 5.42. The predicted octanol–water partition coefficient (Wildman–Crippen LogP) is 2.85. The van der Waals surface area contributed by atoms with Crippen molar-refractivity contribution < 1.29 is 14.6 Å². The van der Waals surface area contributed by atoms with Gasteiger partial charge in [0, 0.05) is 6.54 Å². The number of hydrogen-bond acceptors (Lipinski definition) is 3. The number of rotatable bonds is 5. The lowest BCUT2D eigenvalue weighted by molar-refractivity contribution is 0.0696. The Morgan fingerprint density at radius 1 is 1.35 bits per heavy atom. The summed E-state index contributed by atoms with van der Waals surface area (Å²) in [5, 5.41) is 8.88. The summed E-state index contributed by atoms with van der Waals surface area (Å²) >= 11 is 6.60. The molecular weight excluding hydrogens is 354 g/mol. The molecule has 0 aliphatic rings. The van der Waals surface area contributed by atoms with E-state index in [0.717, 1.165) is 6.54 Å². The smallest absolute Gasteiger partial charge is 0.335 e. The highest BCUT2D eigenvalue weighted by Crippen LogP contribution is 2.34. The van der Waals surface area contributed by atoms with E-state index < -0.39 is 5.97 Å². The monoisotopic (exact) mass is 365 g/mol. The Morgan fingerprint density at radius 3 is 2.29 bits per heavy atom. The second-order valence-electron chi connectivity index (χ2n) is 3.73. The first-order chi connectivity index (χ1) is 7.91. The van der Waals surface area contributed by atoms with E-state index in [1.54, 1.807) is 0 Å². The van der Waals surface area contributed by atoms with Gasteiger partial charge in [-0.3, -0.25) is 0 Å². The van der Waals surface area contributed by atoms with Gasteiger partial charge in [0.05, 0.1) is 14.5 Å². The Morgan fingerprint density at radius 2 is 1.88 bits per heavy atom. The molecule has 4 nitrogen and oxygen atoms in total. The van der Waals surface area contributed by atoms with Crippen LogP contribution in [-0.2, 0) is 0 Å². The van der Waals surface area contributed by atoms with Crippen LogP contribution in [0.15, 0.2) is 21.1 Å². The minimum Gasteiger partial charge on any atom is -0.490 e. The average Bonchev–Trinajstić information content (AvgIpc) is 2.21. The number of carbonyl (C=O) groups is 1. The third kappa shape index (κ3) is 4.29. The molecule has 0 saturated carbocycles. The summed E-state index contributed by atoms with van der Waals surface area (Å²) in [6.07, 6.45) is 0. The highest BCUT2D eigenvalue weighted by atomic mass is 79.9. The molecule has 1 N–H and O–H groups in total. The molecule has 94 valence electrons. The highest BCUT2D eigenvalue weighted by Gasteiger charge is 2.12. The number of halogens is 2. The molecule has 0 aliphatic heterocycles. The molecule has 0 spiro atoms. The van der Waals surface area contributed by atoms with Crippen molar-refractivity contribution in [1.82, 2.24) is 4.90 Å². The SMILES string of the molecule is CN(C)CCOc1c(Br)cc(C(=O)O)cc1Br. The van der Waals surface area contributed by atoms with Crippen molar-refractivity contribution in [2.45, 2.75) is 0 Å². The maximum absolute atomic E-state index is 10.8. The van der Waals surface area contributed by atoms with Crippen molar-refractivity contribution >= 4 is 37.8 Å². The van der Waals surface area contributed by atoms with E-state index >= 15 is 0 Å². The second-order valence-corrected chi connectivity index (χ2v) is 5.43. The Labute approximate surface area is 117 Å². The topological polar surface area (TPSA) is 49.8 Å². The van der Waals surface area contributed by atoms with E-state index in [2.05, 4.69) is 31.9 Å². The van der Waals surface area contributed by atoms with Crippen molar-refractivity contribution in [2.75, 3.05) is 27.2 Å². The lowest BCUT2D eigenvalue weighted by Crippen LogP contribution is -2.19. The minimum atomic E-state index is -0.966. The summed E-state index contributed by atoms with van der Waals surface area (Å²) in [6, 6.07) is 3.05. The number of ether oxygens (including phenoxy) is 1. The molecule has 0 amide bonds. The maximum atomic E-state index is 10.8. The van der Waals surface area contributed by atoms with E-state index in [-0.39, 0.29) is 5.56 Å². The average molecular weight is 367 g/mol. The lowest BCUT2D eigenvalue weighted by Gasteiger charge is -2.13. The summed E-state index contributed by atoms with van der Waals surface area (Å²) < 4.78 is 6.84. The Hall–Kier alpha value is -0.590. The van der Waals surface area contributed by atoms with Crippen molar-refractivity contribution in [2.24, 2.45) is 0 Å². The minimum absolute atomic E-state index is 0.212. The fourth-order valence-electron chi connectivity index (χ4n) is 1.15. The first kappa shape index (κ1) is 14.5. The summed E-state index contributed by atoms with van der Waals surface area (Å²) in [4.78, 5) is 12.8. The fourth-order valence-corrected chi connectivity index (χ4v) is 2.57. The van der Waals surface area contributed by atoms with Gasteiger partial charge in [-0.25, -0.2) is 4.79 Å². The number of hydrogen-bond donors (Lipinski definition) is 1. The zero-order valence-electron chi connectivity index (χ0n) is 9.54. The number of likely N-dealkylation sites (N-methyl/N-ethyl adjacent to an activating group) is 1. The molecule has 0 saturated heterocycles. The van der Waals surface area contributed by atoms with Crippen LogP contribution in [0.2, 0.25) is 0 Å². The second kappa shape index (κ2) is 6.37. The number of nitrogens with zero attached hydrogens (tertiary/aromatic N) is 1. The molecule has 0 aromatic heterocycles. The molecule has 1 rings (SSSR count). The van der Waals surface area contributed by atoms with Gasteiger partial charge in [-0.05, 0) is 58.1 Å². The Balaban J connectivity index is 2.83. The maximum Gasteiger partial charge on any atom is 0.335 e. The van der Waals surface area contributed by atoms with Gasteiger partial charge in [0.2, 0.25) is 0 Å². The van der Waals surface area contributed by atoms with Crippen molar-refractivity contribution in [3.8, 4) is 5.75 Å². The van der Waals surface area contributed by atoms with Crippen LogP contribution in [0.4, 0.5) is 0 Å². The van der Waals surface area contributed by atoms with Crippen LogP contribution < -0.4 is 4.74 Å². The van der Waals surface area contributed by atoms with Crippen LogP contribution in [0.5, 0.6) is 5.75 Å². The molecular formula is C11H13Br2NO3. The number of carboxylic acid groups (broad SMARTS) is 1. The van der Waals surface area contributed by atoms with E-state index in [0.29, 0.717) is 21.3 Å². The van der Waals surface area contributed by atoms with Gasteiger partial charge >= 0.3 is 5.97 Å². The van der Waals surface area contributed by atoms with Crippen molar-refractivity contribution in [1.29, 1.82) is 0 Å². The number of benzene rings is 1. The van der Waals surface area contributed by atoms with E-state index in [9.17, 15) is 4.79 Å². The van der Waals surface area contributed by atoms with E-state index in [1.807, 2.05) is 19.0 Å². The fraction of sp³-hybridized carbons (Fsp3) is 0.364. The predicted molar refractivity (Wildman–Crippen MR) is 72.9 cm³/mol. The molecule has 6 heteroatoms. The van der Waals surface area contributed by atoms with Crippen LogP contribution in [0.1, 0.15) is 10.4 Å². The van der Waals surface area contributed by atoms with E-state index in [1.165, 1.54) is 12.1 Å². The molecule has 1 aromatic carbocycles. The van der Waals surface area contributed by atoms with Gasteiger partial charge in [-0.2, -0.15) is 0 Å². The molecule has 0 bridgehead atoms. The van der Waals surface area contributed by atoms with Crippen LogP contribution in [0, 0.1) is 0 Å². The standard InChI is InChI=1S/C11H13Br2NO3/c1-14(2)3-4-17-10-8(12)5-7(11(15)16)6-9(10)13/h5-6H,3-4H2,1-2H3,(H,15,16). The first-order valence-corrected chi connectivity index (χ1v) is 6.50. The highest BCUT2D eigenvalue weighted by molar-refractivity contribution is 9.11. The van der Waals surface area contributed by atoms with E-state index in [4.69, 9.17) is 9.84 Å². The molecule has 0 unspecified atom stereocenters. The van der Waals surface area contributed by atoms with Gasteiger partial charge in [-0.1, -0.05) is 0 Å². The van der Waals surface area contributed by atoms with Crippen LogP contribution in [0.25, 0.3) is 0 Å². The molecule has 0 radical (unpaired) electrons. The summed E-state index contributed by atoms with van der Waals surface area (Å²) in [5.41, 5.74) is 0.212. The van der Waals surface area contributed by atoms with Crippen LogP contribution in [0.3, 0.4) is 0 Å². The largest absolute Gasteiger partial charge is 0.490 e. The third-order valence-electron chi connectivity index (χ3n) is 2.03. The summed E-state index contributed by atoms with van der Waals surface area (Å²) in [6.45, 7) is 1.33. The molecule has 0 aliphatic carbocycles. The van der Waals surface area contributed by atoms with Crippen LogP contribution >= 0.6 is 31.9 Å². The van der Waals surface area contributed by atoms with Gasteiger partial charge in [0.25, 0.3) is 0 Å². The van der Waals surface area contributed by atoms with Gasteiger partial charge in [0.1, 0.15) is 12.4 Å². The van der Waals surface area contributed by atoms with Gasteiger partial charge < -0.3 is 14.7 Å². The van der Waals surface area contributed by atoms with Gasteiger partial charge in [0.15, 0.2) is 0 Å². The quantitative estimate of drug-likeness (QED) is 0.870. The van der Waals surface area contributed by atoms with Crippen LogP contribution in [-0.4, -0.2) is 43.2 Å². The summed E-state index contributed by atoms with van der Waals surface area (Å²) in [5.74, 6) is -0.344. The molecule has 1 aromatic rings. The van der Waals surface area contributed by atoms with Crippen molar-refractivity contribution in [3.05, 3.63) is 26.6 Å². The van der Waals surface area contributed by atoms with Gasteiger partial charge in [-0.15, -0.1) is 0 Å². The third-order valence-corrected chi connectivity index (χ3v) is 3.21. The molecule has 0 heterocycles. The zero-order valence-corrected chi connectivity index (χ0v) is 12.7. The molecule has 0 atom stereocenters. The molecule has 0 fully saturated rings. The lowest BCUT2D eigenvalue weighted by atomic mass is 10.2. The number of aromatic carboxylic acids is 1. The first-order valence-electron chi connectivity index (χ1n) is 4.91. The Bertz CT molecular complexity index is 398. The summed E-state index contributed by atoms with van der Waals surface area (Å²) in [7, 11) is 3.92.